The molecule has 2 aliphatic rings. The standard InChI is InChI=1S/C24H19N3O4S2/c28-18(12-14-6-2-1-3-7-14)26-20-22(29)27-21(24(30)31)17(13-32-23(20)27)33-19-11-10-15-8-4-5-9-16(15)25-19/h1-11,20,23H,12-13H2,(H,26,28)(H,30,31)/t20-,23-/m1/s1. The highest BCUT2D eigenvalue weighted by atomic mass is 32.2. The molecule has 2 amide bonds. The van der Waals surface area contributed by atoms with Crippen molar-refractivity contribution in [2.45, 2.75) is 22.9 Å². The lowest BCUT2D eigenvalue weighted by atomic mass is 10.0. The van der Waals surface area contributed by atoms with Crippen LogP contribution in [0, 0.1) is 0 Å². The Morgan fingerprint density at radius 1 is 1.09 bits per heavy atom. The first-order chi connectivity index (χ1) is 16.0. The molecule has 3 heterocycles. The topological polar surface area (TPSA) is 99.6 Å². The number of nitrogens with one attached hydrogen (secondary N) is 1. The number of amides is 2. The molecule has 1 fully saturated rings. The van der Waals surface area contributed by atoms with E-state index in [1.165, 1.54) is 28.4 Å². The molecule has 0 radical (unpaired) electrons. The largest absolute Gasteiger partial charge is 0.477 e. The Labute approximate surface area is 198 Å². The number of thioether (sulfide) groups is 2. The number of para-hydroxylation sites is 1. The number of hydrogen-bond acceptors (Lipinski definition) is 6. The average Bonchev–Trinajstić information content (AvgIpc) is 2.82. The van der Waals surface area contributed by atoms with E-state index in [0.29, 0.717) is 15.7 Å². The van der Waals surface area contributed by atoms with Crippen LogP contribution < -0.4 is 5.32 Å². The molecule has 1 aromatic heterocycles. The first kappa shape index (κ1) is 21.5. The van der Waals surface area contributed by atoms with Crippen LogP contribution in [0.4, 0.5) is 0 Å². The number of benzene rings is 2. The van der Waals surface area contributed by atoms with Gasteiger partial charge in [0, 0.05) is 16.0 Å². The van der Waals surface area contributed by atoms with E-state index in [9.17, 15) is 19.5 Å². The van der Waals surface area contributed by atoms with Crippen LogP contribution in [0.15, 0.2) is 82.4 Å². The van der Waals surface area contributed by atoms with Crippen molar-refractivity contribution < 1.29 is 19.5 Å². The molecular formula is C24H19N3O4S2. The fourth-order valence-corrected chi connectivity index (χ4v) is 6.35. The maximum Gasteiger partial charge on any atom is 0.353 e. The summed E-state index contributed by atoms with van der Waals surface area (Å²) in [7, 11) is 0. The normalized spacial score (nSPS) is 19.8. The molecule has 0 saturated carbocycles. The molecule has 7 nitrogen and oxygen atoms in total. The van der Waals surface area contributed by atoms with Gasteiger partial charge in [-0.05, 0) is 17.7 Å². The minimum absolute atomic E-state index is 0.0303. The molecule has 2 aromatic carbocycles. The zero-order valence-electron chi connectivity index (χ0n) is 17.3. The molecule has 2 N–H and O–H groups in total. The van der Waals surface area contributed by atoms with Gasteiger partial charge in [0.25, 0.3) is 5.91 Å². The number of nitrogens with zero attached hydrogens (tertiary/aromatic N) is 2. The maximum absolute atomic E-state index is 12.8. The van der Waals surface area contributed by atoms with Crippen LogP contribution in [0.2, 0.25) is 0 Å². The highest BCUT2D eigenvalue weighted by Gasteiger charge is 2.54. The van der Waals surface area contributed by atoms with E-state index in [1.54, 1.807) is 0 Å². The van der Waals surface area contributed by atoms with Gasteiger partial charge in [0.15, 0.2) is 0 Å². The number of β-lactam (4-membered cyclic amide) rings is 1. The van der Waals surface area contributed by atoms with E-state index < -0.39 is 23.3 Å². The van der Waals surface area contributed by atoms with E-state index in [-0.39, 0.29) is 18.0 Å². The number of pyridine rings is 1. The maximum atomic E-state index is 12.8. The van der Waals surface area contributed by atoms with Crippen molar-refractivity contribution in [3.05, 3.63) is 82.9 Å². The SMILES string of the molecule is O=C(Cc1ccccc1)N[C@@H]1C(=O)N2C(C(=O)O)=C(Sc3ccc4ccccc4n3)CS[C@H]12. The number of fused-ring (bicyclic) bond motifs is 2. The van der Waals surface area contributed by atoms with Crippen LogP contribution in [0.3, 0.4) is 0 Å². The Hall–Kier alpha value is -3.30. The number of carbonyl (C=O) groups excluding carboxylic acids is 2. The van der Waals surface area contributed by atoms with Gasteiger partial charge in [-0.25, -0.2) is 9.78 Å². The summed E-state index contributed by atoms with van der Waals surface area (Å²) in [6.45, 7) is 0. The van der Waals surface area contributed by atoms with Gasteiger partial charge in [-0.3, -0.25) is 14.5 Å². The van der Waals surface area contributed by atoms with E-state index in [1.807, 2.05) is 66.7 Å². The lowest BCUT2D eigenvalue weighted by molar-refractivity contribution is -0.150. The van der Waals surface area contributed by atoms with E-state index in [4.69, 9.17) is 0 Å². The van der Waals surface area contributed by atoms with Crippen molar-refractivity contribution in [1.82, 2.24) is 15.2 Å². The summed E-state index contributed by atoms with van der Waals surface area (Å²) in [6.07, 6.45) is 0.165. The van der Waals surface area contributed by atoms with Crippen LogP contribution in [-0.4, -0.2) is 49.9 Å². The summed E-state index contributed by atoms with van der Waals surface area (Å²) in [5.41, 5.74) is 1.64. The van der Waals surface area contributed by atoms with E-state index in [2.05, 4.69) is 10.3 Å². The number of carboxylic acids is 1. The Bertz CT molecular complexity index is 1300. The number of carbonyl (C=O) groups is 3. The van der Waals surface area contributed by atoms with Gasteiger partial charge in [0.1, 0.15) is 22.1 Å². The molecule has 166 valence electrons. The second kappa shape index (κ2) is 8.92. The van der Waals surface area contributed by atoms with Crippen molar-refractivity contribution in [1.29, 1.82) is 0 Å². The number of aliphatic carboxylic acids is 1. The third-order valence-electron chi connectivity index (χ3n) is 5.46. The van der Waals surface area contributed by atoms with Gasteiger partial charge in [-0.1, -0.05) is 66.4 Å². The van der Waals surface area contributed by atoms with Gasteiger partial charge in [-0.15, -0.1) is 11.8 Å². The van der Waals surface area contributed by atoms with Crippen molar-refractivity contribution in [2.75, 3.05) is 5.75 Å². The molecule has 0 bridgehead atoms. The molecule has 0 spiro atoms. The monoisotopic (exact) mass is 477 g/mol. The summed E-state index contributed by atoms with van der Waals surface area (Å²) in [5, 5.41) is 13.9. The molecule has 0 unspecified atom stereocenters. The Morgan fingerprint density at radius 3 is 2.64 bits per heavy atom. The molecule has 0 aliphatic carbocycles. The lowest BCUT2D eigenvalue weighted by Crippen LogP contribution is -2.70. The minimum Gasteiger partial charge on any atom is -0.477 e. The number of rotatable bonds is 6. The van der Waals surface area contributed by atoms with Crippen LogP contribution >= 0.6 is 23.5 Å². The summed E-state index contributed by atoms with van der Waals surface area (Å²) < 4.78 is 0. The zero-order chi connectivity index (χ0) is 22.9. The zero-order valence-corrected chi connectivity index (χ0v) is 18.9. The molecular weight excluding hydrogens is 458 g/mol. The van der Waals surface area contributed by atoms with Gasteiger partial charge in [0.05, 0.1) is 11.9 Å². The summed E-state index contributed by atoms with van der Waals surface area (Å²) in [4.78, 5) is 43.8. The smallest absolute Gasteiger partial charge is 0.353 e. The number of carboxylic acid groups (broad SMARTS) is 1. The summed E-state index contributed by atoms with van der Waals surface area (Å²) in [5.74, 6) is -1.41. The van der Waals surface area contributed by atoms with Crippen molar-refractivity contribution in [3.63, 3.8) is 0 Å². The summed E-state index contributed by atoms with van der Waals surface area (Å²) in [6, 6.07) is 20.0. The number of aromatic nitrogens is 1. The highest BCUT2D eigenvalue weighted by molar-refractivity contribution is 8.06. The van der Waals surface area contributed by atoms with Crippen molar-refractivity contribution in [2.24, 2.45) is 0 Å². The summed E-state index contributed by atoms with van der Waals surface area (Å²) >= 11 is 2.71. The minimum atomic E-state index is -1.16. The Balaban J connectivity index is 1.33. The van der Waals surface area contributed by atoms with Crippen LogP contribution in [0.1, 0.15) is 5.56 Å². The first-order valence-electron chi connectivity index (χ1n) is 10.3. The van der Waals surface area contributed by atoms with E-state index >= 15 is 0 Å². The van der Waals surface area contributed by atoms with Gasteiger partial charge >= 0.3 is 5.97 Å². The lowest BCUT2D eigenvalue weighted by Gasteiger charge is -2.49. The third-order valence-corrected chi connectivity index (χ3v) is 7.94. The van der Waals surface area contributed by atoms with E-state index in [0.717, 1.165) is 16.5 Å². The fourth-order valence-electron chi connectivity index (χ4n) is 3.91. The molecule has 33 heavy (non-hydrogen) atoms. The van der Waals surface area contributed by atoms with Gasteiger partial charge in [0.2, 0.25) is 5.91 Å². The Morgan fingerprint density at radius 2 is 1.85 bits per heavy atom. The number of hydrogen-bond donors (Lipinski definition) is 2. The quantitative estimate of drug-likeness (QED) is 0.526. The molecule has 2 aliphatic heterocycles. The molecule has 9 heteroatoms. The van der Waals surface area contributed by atoms with Gasteiger partial charge in [-0.2, -0.15) is 0 Å². The van der Waals surface area contributed by atoms with Crippen molar-refractivity contribution >= 4 is 52.2 Å². The fraction of sp³-hybridized carbons (Fsp3) is 0.167. The second-order valence-corrected chi connectivity index (χ2v) is 9.86. The van der Waals surface area contributed by atoms with Gasteiger partial charge < -0.3 is 10.4 Å². The first-order valence-corrected chi connectivity index (χ1v) is 12.2. The second-order valence-electron chi connectivity index (χ2n) is 7.64. The van der Waals surface area contributed by atoms with Crippen molar-refractivity contribution in [3.8, 4) is 0 Å². The van der Waals surface area contributed by atoms with Crippen LogP contribution in [0.5, 0.6) is 0 Å². The highest BCUT2D eigenvalue weighted by Crippen LogP contribution is 2.45. The average molecular weight is 478 g/mol. The Kier molecular flexibility index (Phi) is 5.82. The predicted octanol–water partition coefficient (Wildman–Crippen LogP) is 3.27. The molecule has 1 saturated heterocycles. The van der Waals surface area contributed by atoms with Crippen LogP contribution in [0.25, 0.3) is 10.9 Å². The van der Waals surface area contributed by atoms with Crippen LogP contribution in [-0.2, 0) is 20.8 Å². The third kappa shape index (κ3) is 4.21. The predicted molar refractivity (Wildman–Crippen MR) is 127 cm³/mol. The molecule has 2 atom stereocenters. The molecule has 3 aromatic rings. The molecule has 5 rings (SSSR count).